The summed E-state index contributed by atoms with van der Waals surface area (Å²) in [7, 11) is 0. The van der Waals surface area contributed by atoms with Gasteiger partial charge in [0.1, 0.15) is 11.5 Å². The third kappa shape index (κ3) is 3.37. The summed E-state index contributed by atoms with van der Waals surface area (Å²) >= 11 is 5.99. The van der Waals surface area contributed by atoms with Gasteiger partial charge >= 0.3 is 0 Å². The first-order valence-corrected chi connectivity index (χ1v) is 9.73. The first-order chi connectivity index (χ1) is 14.4. The molecule has 30 heavy (non-hydrogen) atoms. The lowest BCUT2D eigenvalue weighted by atomic mass is 10.0. The number of imide groups is 1. The summed E-state index contributed by atoms with van der Waals surface area (Å²) in [5.74, 6) is -1.86. The van der Waals surface area contributed by atoms with E-state index in [4.69, 9.17) is 11.6 Å². The fourth-order valence-electron chi connectivity index (χ4n) is 3.40. The zero-order valence-electron chi connectivity index (χ0n) is 16.4. The van der Waals surface area contributed by atoms with Gasteiger partial charge in [-0.3, -0.25) is 9.59 Å². The van der Waals surface area contributed by atoms with Crippen LogP contribution in [0.15, 0.2) is 72.4 Å². The van der Waals surface area contributed by atoms with Gasteiger partial charge in [-0.2, -0.15) is 0 Å². The third-order valence-corrected chi connectivity index (χ3v) is 5.43. The van der Waals surface area contributed by atoms with Gasteiger partial charge in [0, 0.05) is 10.7 Å². The number of para-hydroxylation sites is 1. The Hall–Kier alpha value is -3.44. The van der Waals surface area contributed by atoms with Crippen LogP contribution < -0.4 is 10.2 Å². The highest BCUT2D eigenvalue weighted by atomic mass is 35.5. The van der Waals surface area contributed by atoms with Crippen LogP contribution in [0.2, 0.25) is 5.02 Å². The van der Waals surface area contributed by atoms with Crippen molar-refractivity contribution >= 4 is 40.4 Å². The largest absolute Gasteiger partial charge is 0.350 e. The molecule has 0 bridgehead atoms. The molecule has 0 fully saturated rings. The molecule has 0 aliphatic carbocycles. The predicted octanol–water partition coefficient (Wildman–Crippen LogP) is 5.49. The number of amides is 2. The Kier molecular flexibility index (Phi) is 5.14. The molecule has 0 radical (unpaired) electrons. The van der Waals surface area contributed by atoms with E-state index >= 15 is 0 Å². The summed E-state index contributed by atoms with van der Waals surface area (Å²) in [5.41, 5.74) is 3.38. The fourth-order valence-corrected chi connectivity index (χ4v) is 3.53. The molecule has 0 saturated heterocycles. The van der Waals surface area contributed by atoms with Crippen molar-refractivity contribution in [1.82, 2.24) is 0 Å². The molecule has 0 atom stereocenters. The summed E-state index contributed by atoms with van der Waals surface area (Å²) in [5, 5.41) is 3.63. The molecule has 1 heterocycles. The molecule has 0 aromatic heterocycles. The van der Waals surface area contributed by atoms with E-state index < -0.39 is 17.6 Å². The Morgan fingerprint density at radius 3 is 2.27 bits per heavy atom. The molecule has 0 saturated carbocycles. The Morgan fingerprint density at radius 1 is 0.867 bits per heavy atom. The minimum atomic E-state index is -0.650. The second-order valence-corrected chi connectivity index (χ2v) is 7.46. The molecule has 3 aromatic rings. The van der Waals surface area contributed by atoms with Crippen molar-refractivity contribution in [2.75, 3.05) is 10.2 Å². The van der Waals surface area contributed by atoms with Crippen LogP contribution in [0.3, 0.4) is 0 Å². The van der Waals surface area contributed by atoms with Crippen LogP contribution in [0.4, 0.5) is 15.8 Å². The lowest BCUT2D eigenvalue weighted by Gasteiger charge is -2.16. The van der Waals surface area contributed by atoms with Crippen LogP contribution in [-0.4, -0.2) is 11.8 Å². The normalized spacial score (nSPS) is 13.9. The average molecular weight is 421 g/mol. The summed E-state index contributed by atoms with van der Waals surface area (Å²) < 4.78 is 14.4. The Morgan fingerprint density at radius 2 is 1.57 bits per heavy atom. The molecule has 0 spiro atoms. The van der Waals surface area contributed by atoms with Gasteiger partial charge in [-0.25, -0.2) is 9.29 Å². The number of benzene rings is 3. The Bertz CT molecular complexity index is 1200. The monoisotopic (exact) mass is 420 g/mol. The summed E-state index contributed by atoms with van der Waals surface area (Å²) in [4.78, 5) is 27.5. The highest BCUT2D eigenvalue weighted by Gasteiger charge is 2.41. The maximum absolute atomic E-state index is 14.4. The van der Waals surface area contributed by atoms with E-state index in [0.717, 1.165) is 16.0 Å². The van der Waals surface area contributed by atoms with E-state index in [1.807, 2.05) is 32.0 Å². The zero-order chi connectivity index (χ0) is 21.4. The number of aryl methyl sites for hydroxylation is 1. The van der Waals surface area contributed by atoms with Crippen molar-refractivity contribution in [3.05, 3.63) is 100.0 Å². The molecular weight excluding hydrogens is 403 g/mol. The van der Waals surface area contributed by atoms with E-state index in [-0.39, 0.29) is 17.0 Å². The van der Waals surface area contributed by atoms with Crippen molar-refractivity contribution in [3.8, 4) is 0 Å². The van der Waals surface area contributed by atoms with Crippen molar-refractivity contribution in [3.63, 3.8) is 0 Å². The highest BCUT2D eigenvalue weighted by molar-refractivity contribution is 6.46. The first kappa shape index (κ1) is 19.9. The number of hydrogen-bond donors (Lipinski definition) is 1. The molecule has 1 N–H and O–H groups in total. The molecule has 0 unspecified atom stereocenters. The van der Waals surface area contributed by atoms with Gasteiger partial charge < -0.3 is 5.32 Å². The molecule has 4 rings (SSSR count). The van der Waals surface area contributed by atoms with Crippen LogP contribution in [-0.2, 0) is 9.59 Å². The first-order valence-electron chi connectivity index (χ1n) is 9.35. The number of hydrogen-bond acceptors (Lipinski definition) is 3. The smallest absolute Gasteiger partial charge is 0.282 e. The van der Waals surface area contributed by atoms with Crippen LogP contribution in [0.5, 0.6) is 0 Å². The van der Waals surface area contributed by atoms with E-state index in [9.17, 15) is 14.0 Å². The Balaban J connectivity index is 1.87. The van der Waals surface area contributed by atoms with Crippen molar-refractivity contribution in [2.45, 2.75) is 13.8 Å². The second-order valence-electron chi connectivity index (χ2n) is 7.03. The second kappa shape index (κ2) is 7.76. The standard InChI is InChI=1S/C24H18ClFN2O2/c1-14-6-5-8-19(15(14)2)27-22-21(16-10-12-17(25)13-11-16)23(29)28(24(22)30)20-9-4-3-7-18(20)26/h3-13,27H,1-2H3. The number of carbonyl (C=O) groups excluding carboxylic acids is 2. The van der Waals surface area contributed by atoms with Gasteiger partial charge in [-0.1, -0.05) is 48.0 Å². The molecule has 4 nitrogen and oxygen atoms in total. The van der Waals surface area contributed by atoms with E-state index in [0.29, 0.717) is 16.3 Å². The van der Waals surface area contributed by atoms with Gasteiger partial charge in [-0.05, 0) is 60.9 Å². The van der Waals surface area contributed by atoms with Gasteiger partial charge in [0.2, 0.25) is 0 Å². The average Bonchev–Trinajstić information content (AvgIpc) is 2.96. The lowest BCUT2D eigenvalue weighted by Crippen LogP contribution is -2.33. The molecule has 2 amide bonds. The number of halogens is 2. The molecule has 3 aromatic carbocycles. The van der Waals surface area contributed by atoms with Crippen molar-refractivity contribution in [1.29, 1.82) is 0 Å². The molecular formula is C24H18ClFN2O2. The number of anilines is 2. The topological polar surface area (TPSA) is 49.4 Å². The molecule has 1 aliphatic rings. The van der Waals surface area contributed by atoms with Gasteiger partial charge in [0.25, 0.3) is 11.8 Å². The quantitative estimate of drug-likeness (QED) is 0.567. The maximum Gasteiger partial charge on any atom is 0.282 e. The minimum absolute atomic E-state index is 0.0864. The predicted molar refractivity (Wildman–Crippen MR) is 117 cm³/mol. The third-order valence-electron chi connectivity index (χ3n) is 5.17. The van der Waals surface area contributed by atoms with Crippen LogP contribution in [0.25, 0.3) is 5.57 Å². The number of nitrogens with zero attached hydrogens (tertiary/aromatic N) is 1. The maximum atomic E-state index is 14.4. The molecule has 150 valence electrons. The number of rotatable bonds is 4. The molecule has 6 heteroatoms. The fraction of sp³-hybridized carbons (Fsp3) is 0.0833. The summed E-state index contributed by atoms with van der Waals surface area (Å²) in [6.07, 6.45) is 0. The lowest BCUT2D eigenvalue weighted by molar-refractivity contribution is -0.120. The van der Waals surface area contributed by atoms with E-state index in [1.54, 1.807) is 30.3 Å². The molecule has 1 aliphatic heterocycles. The minimum Gasteiger partial charge on any atom is -0.350 e. The van der Waals surface area contributed by atoms with Crippen LogP contribution in [0.1, 0.15) is 16.7 Å². The van der Waals surface area contributed by atoms with E-state index in [2.05, 4.69) is 5.32 Å². The number of nitrogens with one attached hydrogen (secondary N) is 1. The van der Waals surface area contributed by atoms with Crippen molar-refractivity contribution < 1.29 is 14.0 Å². The highest BCUT2D eigenvalue weighted by Crippen LogP contribution is 2.35. The SMILES string of the molecule is Cc1cccc(NC2=C(c3ccc(Cl)cc3)C(=O)N(c3ccccc3F)C2=O)c1C. The van der Waals surface area contributed by atoms with Crippen LogP contribution in [0, 0.1) is 19.7 Å². The van der Waals surface area contributed by atoms with Crippen LogP contribution >= 0.6 is 11.6 Å². The Labute approximate surface area is 178 Å². The summed E-state index contributed by atoms with van der Waals surface area (Å²) in [6.45, 7) is 3.89. The zero-order valence-corrected chi connectivity index (χ0v) is 17.1. The van der Waals surface area contributed by atoms with Gasteiger partial charge in [0.15, 0.2) is 0 Å². The summed E-state index contributed by atoms with van der Waals surface area (Å²) in [6, 6.07) is 18.0. The van der Waals surface area contributed by atoms with E-state index in [1.165, 1.54) is 18.2 Å². The number of carbonyl (C=O) groups is 2. The van der Waals surface area contributed by atoms with Crippen molar-refractivity contribution in [2.24, 2.45) is 0 Å². The van der Waals surface area contributed by atoms with Gasteiger partial charge in [-0.15, -0.1) is 0 Å². The van der Waals surface area contributed by atoms with Gasteiger partial charge in [0.05, 0.1) is 11.3 Å².